The summed E-state index contributed by atoms with van der Waals surface area (Å²) in [6, 6.07) is 7.40. The first-order chi connectivity index (χ1) is 15.4. The predicted molar refractivity (Wildman–Crippen MR) is 114 cm³/mol. The van der Waals surface area contributed by atoms with Crippen LogP contribution in [0.25, 0.3) is 5.52 Å². The molecule has 2 N–H and O–H groups in total. The number of hydrogen-bond donors (Lipinski definition) is 2. The van der Waals surface area contributed by atoms with E-state index in [4.69, 9.17) is 9.52 Å². The van der Waals surface area contributed by atoms with Gasteiger partial charge >= 0.3 is 0 Å². The molecule has 9 nitrogen and oxygen atoms in total. The molecule has 0 aromatic carbocycles. The largest absolute Gasteiger partial charge is 0.432 e. The van der Waals surface area contributed by atoms with E-state index in [9.17, 15) is 9.90 Å². The predicted octanol–water partition coefficient (Wildman–Crippen LogP) is 2.94. The fraction of sp³-hybridized carbons (Fsp3) is 0.391. The Morgan fingerprint density at radius 1 is 1.28 bits per heavy atom. The van der Waals surface area contributed by atoms with E-state index in [1.807, 2.05) is 30.5 Å². The number of aliphatic hydroxyl groups is 1. The van der Waals surface area contributed by atoms with Crippen molar-refractivity contribution in [3.8, 4) is 0 Å². The lowest BCUT2D eigenvalue weighted by molar-refractivity contribution is 0.0440. The van der Waals surface area contributed by atoms with Crippen LogP contribution in [0.15, 0.2) is 41.2 Å². The van der Waals surface area contributed by atoms with Gasteiger partial charge in [-0.25, -0.2) is 14.5 Å². The Morgan fingerprint density at radius 3 is 2.88 bits per heavy atom. The molecule has 32 heavy (non-hydrogen) atoms. The van der Waals surface area contributed by atoms with Gasteiger partial charge in [-0.2, -0.15) is 5.10 Å². The van der Waals surface area contributed by atoms with Crippen molar-refractivity contribution in [3.63, 3.8) is 0 Å². The smallest absolute Gasteiger partial charge is 0.292 e. The molecular formula is C23H24N6O3. The Hall–Kier alpha value is -3.46. The van der Waals surface area contributed by atoms with Crippen LogP contribution in [0.2, 0.25) is 0 Å². The average Bonchev–Trinajstić information content (AvgIpc) is 3.18. The van der Waals surface area contributed by atoms with Crippen LogP contribution in [0.4, 0.5) is 0 Å². The number of nitrogens with one attached hydrogen (secondary N) is 1. The van der Waals surface area contributed by atoms with Gasteiger partial charge in [-0.05, 0) is 44.9 Å². The summed E-state index contributed by atoms with van der Waals surface area (Å²) in [6.07, 6.45) is 6.15. The highest BCUT2D eigenvalue weighted by atomic mass is 16.4. The first-order valence-electron chi connectivity index (χ1n) is 10.9. The molecule has 164 valence electrons. The second-order valence-electron chi connectivity index (χ2n) is 9.12. The number of H-pyrrole nitrogens is 1. The average molecular weight is 432 g/mol. The van der Waals surface area contributed by atoms with Gasteiger partial charge in [0.2, 0.25) is 11.7 Å². The summed E-state index contributed by atoms with van der Waals surface area (Å²) in [4.78, 5) is 27.9. The first-order valence-corrected chi connectivity index (χ1v) is 10.9. The van der Waals surface area contributed by atoms with Crippen LogP contribution >= 0.6 is 0 Å². The van der Waals surface area contributed by atoms with Crippen molar-refractivity contribution >= 4 is 11.4 Å². The van der Waals surface area contributed by atoms with Crippen molar-refractivity contribution in [1.29, 1.82) is 0 Å². The van der Waals surface area contributed by atoms with Gasteiger partial charge in [0.25, 0.3) is 5.91 Å². The number of aromatic amines is 1. The summed E-state index contributed by atoms with van der Waals surface area (Å²) in [5.74, 6) is 0.348. The molecule has 0 bridgehead atoms. The summed E-state index contributed by atoms with van der Waals surface area (Å²) in [5.41, 5.74) is 2.87. The minimum absolute atomic E-state index is 0.171. The molecular weight excluding hydrogens is 408 g/mol. The zero-order valence-electron chi connectivity index (χ0n) is 17.9. The van der Waals surface area contributed by atoms with E-state index in [2.05, 4.69) is 15.0 Å². The number of carbonyl (C=O) groups excluding carboxylic acids is 1. The van der Waals surface area contributed by atoms with Gasteiger partial charge in [0, 0.05) is 30.8 Å². The summed E-state index contributed by atoms with van der Waals surface area (Å²) in [6.45, 7) is 3.72. The SMILES string of the molecule is CC(C)(O)c1nc(C2CC2)c(C(=O)N2CCc3[nH]cnc3C2c2cc3ccccn3n2)o1. The molecule has 9 heteroatoms. The molecule has 1 aliphatic carbocycles. The lowest BCUT2D eigenvalue weighted by Crippen LogP contribution is -2.41. The maximum absolute atomic E-state index is 13.9. The Bertz CT molecular complexity index is 1290. The Balaban J connectivity index is 1.46. The zero-order valence-corrected chi connectivity index (χ0v) is 17.9. The second-order valence-corrected chi connectivity index (χ2v) is 9.12. The number of amides is 1. The van der Waals surface area contributed by atoms with Crippen molar-refractivity contribution in [2.75, 3.05) is 6.54 Å². The van der Waals surface area contributed by atoms with Gasteiger partial charge in [-0.15, -0.1) is 0 Å². The Morgan fingerprint density at radius 2 is 2.12 bits per heavy atom. The number of carbonyl (C=O) groups is 1. The minimum Gasteiger partial charge on any atom is -0.432 e. The molecule has 1 aliphatic heterocycles. The number of rotatable bonds is 4. The van der Waals surface area contributed by atoms with Gasteiger partial charge in [-0.1, -0.05) is 6.07 Å². The lowest BCUT2D eigenvalue weighted by Gasteiger charge is -2.33. The van der Waals surface area contributed by atoms with Crippen LogP contribution in [0, 0.1) is 0 Å². The molecule has 0 saturated heterocycles. The van der Waals surface area contributed by atoms with Crippen molar-refractivity contribution in [3.05, 3.63) is 71.2 Å². The van der Waals surface area contributed by atoms with Gasteiger partial charge in [-0.3, -0.25) is 4.79 Å². The van der Waals surface area contributed by atoms with Gasteiger partial charge in [0.05, 0.1) is 28.9 Å². The maximum atomic E-state index is 13.9. The Labute approximate surface area is 184 Å². The highest BCUT2D eigenvalue weighted by molar-refractivity contribution is 5.93. The second kappa shape index (κ2) is 6.77. The fourth-order valence-electron chi connectivity index (χ4n) is 4.40. The molecule has 1 amide bonds. The molecule has 0 radical (unpaired) electrons. The number of imidazole rings is 1. The van der Waals surface area contributed by atoms with Crippen molar-refractivity contribution in [2.45, 2.75) is 50.7 Å². The van der Waals surface area contributed by atoms with Crippen LogP contribution in [-0.4, -0.2) is 47.0 Å². The van der Waals surface area contributed by atoms with E-state index in [-0.39, 0.29) is 23.5 Å². The third kappa shape index (κ3) is 3.03. The maximum Gasteiger partial charge on any atom is 0.292 e. The van der Waals surface area contributed by atoms with Crippen LogP contribution in [0.3, 0.4) is 0 Å². The summed E-state index contributed by atoms with van der Waals surface area (Å²) < 4.78 is 7.70. The van der Waals surface area contributed by atoms with E-state index in [1.54, 1.807) is 29.6 Å². The van der Waals surface area contributed by atoms with Crippen molar-refractivity contribution in [1.82, 2.24) is 29.5 Å². The van der Waals surface area contributed by atoms with Gasteiger partial charge in [0.1, 0.15) is 11.6 Å². The molecule has 4 aromatic heterocycles. The molecule has 5 heterocycles. The minimum atomic E-state index is -1.26. The molecule has 1 saturated carbocycles. The number of pyridine rings is 1. The van der Waals surface area contributed by atoms with Crippen LogP contribution in [-0.2, 0) is 12.0 Å². The van der Waals surface area contributed by atoms with E-state index in [1.165, 1.54) is 0 Å². The van der Waals surface area contributed by atoms with E-state index < -0.39 is 11.6 Å². The fourth-order valence-corrected chi connectivity index (χ4v) is 4.40. The lowest BCUT2D eigenvalue weighted by atomic mass is 9.99. The molecule has 1 atom stereocenters. The standard InChI is InChI=1S/C23H24N6O3/c1-23(2,31)22-26-17(13-6-7-13)20(32-22)21(30)28-10-8-15-18(25-12-24-15)19(28)16-11-14-5-3-4-9-29(14)27-16/h3-5,9,11-13,19,31H,6-8,10H2,1-2H3,(H,24,25). The van der Waals surface area contributed by atoms with E-state index >= 15 is 0 Å². The van der Waals surface area contributed by atoms with Gasteiger partial charge in [0.15, 0.2) is 0 Å². The van der Waals surface area contributed by atoms with Crippen molar-refractivity contribution < 1.29 is 14.3 Å². The zero-order chi connectivity index (χ0) is 22.0. The Kier molecular flexibility index (Phi) is 4.07. The van der Waals surface area contributed by atoms with Crippen LogP contribution in [0.1, 0.15) is 77.9 Å². The molecule has 1 fully saturated rings. The molecule has 4 aromatic rings. The quantitative estimate of drug-likeness (QED) is 0.513. The number of oxazole rings is 1. The van der Waals surface area contributed by atoms with Gasteiger partial charge < -0.3 is 19.4 Å². The highest BCUT2D eigenvalue weighted by Gasteiger charge is 2.42. The van der Waals surface area contributed by atoms with E-state index in [0.29, 0.717) is 18.7 Å². The summed E-state index contributed by atoms with van der Waals surface area (Å²) >= 11 is 0. The number of fused-ring (bicyclic) bond motifs is 2. The van der Waals surface area contributed by atoms with Crippen LogP contribution in [0.5, 0.6) is 0 Å². The third-order valence-electron chi connectivity index (χ3n) is 6.19. The summed E-state index contributed by atoms with van der Waals surface area (Å²) in [7, 11) is 0. The first kappa shape index (κ1) is 19.2. The molecule has 1 unspecified atom stereocenters. The monoisotopic (exact) mass is 432 g/mol. The normalized spacial score (nSPS) is 18.8. The molecule has 2 aliphatic rings. The number of aromatic nitrogens is 5. The number of hydrogen-bond acceptors (Lipinski definition) is 6. The van der Waals surface area contributed by atoms with Crippen LogP contribution < -0.4 is 0 Å². The molecule has 0 spiro atoms. The van der Waals surface area contributed by atoms with E-state index in [0.717, 1.165) is 35.4 Å². The summed E-state index contributed by atoms with van der Waals surface area (Å²) in [5, 5.41) is 15.2. The number of nitrogens with zero attached hydrogens (tertiary/aromatic N) is 5. The van der Waals surface area contributed by atoms with Crippen molar-refractivity contribution in [2.24, 2.45) is 0 Å². The third-order valence-corrected chi connectivity index (χ3v) is 6.19. The topological polar surface area (TPSA) is 113 Å². The molecule has 6 rings (SSSR count). The highest BCUT2D eigenvalue weighted by Crippen LogP contribution is 2.43.